The topological polar surface area (TPSA) is 107 Å². The normalized spacial score (nSPS) is 21.0. The van der Waals surface area contributed by atoms with Crippen LogP contribution in [0.1, 0.15) is 55.2 Å². The molecule has 2 aromatic rings. The number of nitrogens with one attached hydrogen (secondary N) is 3. The van der Waals surface area contributed by atoms with E-state index >= 15 is 0 Å². The maximum absolute atomic E-state index is 13.0. The van der Waals surface area contributed by atoms with Gasteiger partial charge >= 0.3 is 0 Å². The van der Waals surface area contributed by atoms with E-state index in [9.17, 15) is 14.4 Å². The van der Waals surface area contributed by atoms with E-state index in [0.717, 1.165) is 36.9 Å². The van der Waals surface area contributed by atoms with Gasteiger partial charge in [-0.3, -0.25) is 19.4 Å². The van der Waals surface area contributed by atoms with Crippen LogP contribution >= 0.6 is 0 Å². The fourth-order valence-electron chi connectivity index (χ4n) is 4.22. The van der Waals surface area contributed by atoms with E-state index in [2.05, 4.69) is 32.4 Å². The number of nitrogens with zero attached hydrogens (tertiary/aromatic N) is 2. The van der Waals surface area contributed by atoms with Gasteiger partial charge in [0.05, 0.1) is 11.5 Å². The molecule has 0 radical (unpaired) electrons. The molecular formula is C22H27N5O3. The molecule has 158 valence electrons. The lowest BCUT2D eigenvalue weighted by Crippen LogP contribution is -2.42. The molecule has 30 heavy (non-hydrogen) atoms. The number of rotatable bonds is 3. The Morgan fingerprint density at radius 2 is 2.03 bits per heavy atom. The third kappa shape index (κ3) is 3.81. The molecule has 1 aromatic heterocycles. The predicted octanol–water partition coefficient (Wildman–Crippen LogP) is 2.83. The molecule has 2 amide bonds. The molecule has 2 aliphatic rings. The first-order valence-corrected chi connectivity index (χ1v) is 10.4. The SMILES string of the molecule is Cc1ccc(C)c(NC(=O)[C@@H]2CC(=O)Nc3nc(N4CCCC[C@H]4C)[nH]c(=O)c32)c1. The van der Waals surface area contributed by atoms with Gasteiger partial charge in [-0.2, -0.15) is 4.98 Å². The number of aryl methyl sites for hydroxylation is 2. The summed E-state index contributed by atoms with van der Waals surface area (Å²) in [5, 5.41) is 5.57. The number of amides is 2. The third-order valence-corrected chi connectivity index (χ3v) is 5.98. The predicted molar refractivity (Wildman–Crippen MR) is 116 cm³/mol. The lowest BCUT2D eigenvalue weighted by molar-refractivity contribution is -0.123. The van der Waals surface area contributed by atoms with Gasteiger partial charge in [-0.15, -0.1) is 0 Å². The number of aromatic amines is 1. The molecule has 2 aliphatic heterocycles. The summed E-state index contributed by atoms with van der Waals surface area (Å²) in [6.45, 7) is 6.73. The highest BCUT2D eigenvalue weighted by molar-refractivity contribution is 6.04. The standard InChI is InChI=1S/C22H27N5O3/c1-12-7-8-13(2)16(10-12)23-20(29)15-11-17(28)24-19-18(15)21(30)26-22(25-19)27-9-5-4-6-14(27)3/h7-8,10,14-15H,4-6,9,11H2,1-3H3,(H,23,29)(H2,24,25,26,28,30)/t14-,15-/m1/s1. The molecule has 0 spiro atoms. The lowest BCUT2D eigenvalue weighted by atomic mass is 9.92. The highest BCUT2D eigenvalue weighted by Gasteiger charge is 2.35. The van der Waals surface area contributed by atoms with Crippen molar-refractivity contribution in [1.82, 2.24) is 9.97 Å². The summed E-state index contributed by atoms with van der Waals surface area (Å²) in [5.74, 6) is -0.964. The highest BCUT2D eigenvalue weighted by atomic mass is 16.2. The van der Waals surface area contributed by atoms with Crippen LogP contribution in [0.15, 0.2) is 23.0 Å². The number of benzene rings is 1. The summed E-state index contributed by atoms with van der Waals surface area (Å²) in [6, 6.07) is 6.02. The fourth-order valence-corrected chi connectivity index (χ4v) is 4.22. The Kier molecular flexibility index (Phi) is 5.32. The molecule has 8 nitrogen and oxygen atoms in total. The minimum absolute atomic E-state index is 0.0894. The first kappa shape index (κ1) is 20.1. The number of aromatic nitrogens is 2. The van der Waals surface area contributed by atoms with Gasteiger partial charge in [0.25, 0.3) is 5.56 Å². The van der Waals surface area contributed by atoms with Crippen molar-refractivity contribution in [3.05, 3.63) is 45.2 Å². The van der Waals surface area contributed by atoms with Crippen LogP contribution in [-0.4, -0.2) is 34.4 Å². The number of hydrogen-bond acceptors (Lipinski definition) is 5. The zero-order chi connectivity index (χ0) is 21.4. The van der Waals surface area contributed by atoms with Gasteiger partial charge in [0, 0.05) is 24.7 Å². The molecule has 1 fully saturated rings. The Morgan fingerprint density at radius 3 is 2.80 bits per heavy atom. The second-order valence-electron chi connectivity index (χ2n) is 8.30. The monoisotopic (exact) mass is 409 g/mol. The number of carbonyl (C=O) groups excluding carboxylic acids is 2. The van der Waals surface area contributed by atoms with Gasteiger partial charge in [0.2, 0.25) is 17.8 Å². The number of carbonyl (C=O) groups is 2. The van der Waals surface area contributed by atoms with E-state index in [1.165, 1.54) is 0 Å². The maximum atomic E-state index is 13.0. The molecule has 8 heteroatoms. The summed E-state index contributed by atoms with van der Waals surface area (Å²) >= 11 is 0. The molecule has 0 aliphatic carbocycles. The fraction of sp³-hybridized carbons (Fsp3) is 0.455. The van der Waals surface area contributed by atoms with Crippen molar-refractivity contribution in [2.45, 2.75) is 58.4 Å². The Bertz CT molecular complexity index is 1060. The van der Waals surface area contributed by atoms with Crippen molar-refractivity contribution in [3.8, 4) is 0 Å². The minimum Gasteiger partial charge on any atom is -0.340 e. The van der Waals surface area contributed by atoms with Gasteiger partial charge in [0.1, 0.15) is 5.82 Å². The van der Waals surface area contributed by atoms with Crippen LogP contribution in [0, 0.1) is 13.8 Å². The molecule has 0 saturated carbocycles. The van der Waals surface area contributed by atoms with Crippen molar-refractivity contribution >= 4 is 29.3 Å². The van der Waals surface area contributed by atoms with E-state index in [1.807, 2.05) is 32.0 Å². The van der Waals surface area contributed by atoms with Crippen molar-refractivity contribution in [3.63, 3.8) is 0 Å². The second kappa shape index (κ2) is 7.93. The van der Waals surface area contributed by atoms with Crippen molar-refractivity contribution in [2.24, 2.45) is 0 Å². The van der Waals surface area contributed by atoms with Gasteiger partial charge in [0.15, 0.2) is 0 Å². The van der Waals surface area contributed by atoms with Crippen molar-refractivity contribution in [1.29, 1.82) is 0 Å². The Hall–Kier alpha value is -3.16. The second-order valence-corrected chi connectivity index (χ2v) is 8.30. The van der Waals surface area contributed by atoms with E-state index in [4.69, 9.17) is 0 Å². The van der Waals surface area contributed by atoms with Crippen LogP contribution in [0.3, 0.4) is 0 Å². The van der Waals surface area contributed by atoms with E-state index in [-0.39, 0.29) is 41.2 Å². The number of fused-ring (bicyclic) bond motifs is 1. The van der Waals surface area contributed by atoms with Gasteiger partial charge in [-0.05, 0) is 57.2 Å². The van der Waals surface area contributed by atoms with Crippen molar-refractivity contribution in [2.75, 3.05) is 22.1 Å². The summed E-state index contributed by atoms with van der Waals surface area (Å²) < 4.78 is 0. The van der Waals surface area contributed by atoms with E-state index in [0.29, 0.717) is 11.6 Å². The molecule has 0 bridgehead atoms. The summed E-state index contributed by atoms with van der Waals surface area (Å²) in [7, 11) is 0. The van der Waals surface area contributed by atoms with Crippen LogP contribution in [0.5, 0.6) is 0 Å². The largest absolute Gasteiger partial charge is 0.340 e. The molecule has 1 saturated heterocycles. The molecule has 3 N–H and O–H groups in total. The van der Waals surface area contributed by atoms with E-state index < -0.39 is 5.92 Å². The maximum Gasteiger partial charge on any atom is 0.258 e. The Balaban J connectivity index is 1.67. The van der Waals surface area contributed by atoms with Gasteiger partial charge in [-0.1, -0.05) is 12.1 Å². The van der Waals surface area contributed by atoms with Crippen LogP contribution < -0.4 is 21.1 Å². The average Bonchev–Trinajstić information content (AvgIpc) is 2.70. The number of H-pyrrole nitrogens is 1. The molecule has 4 rings (SSSR count). The first-order chi connectivity index (χ1) is 14.3. The smallest absolute Gasteiger partial charge is 0.258 e. The Morgan fingerprint density at radius 1 is 1.23 bits per heavy atom. The Labute approximate surface area is 175 Å². The lowest BCUT2D eigenvalue weighted by Gasteiger charge is -2.34. The molecule has 0 unspecified atom stereocenters. The van der Waals surface area contributed by atoms with Crippen LogP contribution in [0.2, 0.25) is 0 Å². The zero-order valence-corrected chi connectivity index (χ0v) is 17.5. The molecular weight excluding hydrogens is 382 g/mol. The zero-order valence-electron chi connectivity index (χ0n) is 17.5. The molecule has 3 heterocycles. The number of anilines is 3. The van der Waals surface area contributed by atoms with Crippen LogP contribution in [0.25, 0.3) is 0 Å². The highest BCUT2D eigenvalue weighted by Crippen LogP contribution is 2.31. The van der Waals surface area contributed by atoms with Crippen molar-refractivity contribution < 1.29 is 9.59 Å². The summed E-state index contributed by atoms with van der Waals surface area (Å²) in [5.41, 5.74) is 2.43. The third-order valence-electron chi connectivity index (χ3n) is 5.98. The minimum atomic E-state index is -0.891. The first-order valence-electron chi connectivity index (χ1n) is 10.4. The van der Waals surface area contributed by atoms with Crippen LogP contribution in [0.4, 0.5) is 17.5 Å². The molecule has 1 aromatic carbocycles. The average molecular weight is 409 g/mol. The summed E-state index contributed by atoms with van der Waals surface area (Å²) in [4.78, 5) is 47.8. The van der Waals surface area contributed by atoms with Gasteiger partial charge < -0.3 is 15.5 Å². The quantitative estimate of drug-likeness (QED) is 0.723. The molecule has 2 atom stereocenters. The summed E-state index contributed by atoms with van der Waals surface area (Å²) in [6.07, 6.45) is 3.10. The van der Waals surface area contributed by atoms with Gasteiger partial charge in [-0.25, -0.2) is 0 Å². The number of piperidine rings is 1. The van der Waals surface area contributed by atoms with Crippen LogP contribution in [-0.2, 0) is 9.59 Å². The number of hydrogen-bond donors (Lipinski definition) is 3. The van der Waals surface area contributed by atoms with E-state index in [1.54, 1.807) is 0 Å².